The fourth-order valence-electron chi connectivity index (χ4n) is 2.68. The highest BCUT2D eigenvalue weighted by Crippen LogP contribution is 2.14. The summed E-state index contributed by atoms with van der Waals surface area (Å²) in [5, 5.41) is 5.72. The van der Waals surface area contributed by atoms with Gasteiger partial charge in [-0.05, 0) is 61.4 Å². The van der Waals surface area contributed by atoms with E-state index < -0.39 is 0 Å². The van der Waals surface area contributed by atoms with Crippen molar-refractivity contribution >= 4 is 34.6 Å². The van der Waals surface area contributed by atoms with Crippen LogP contribution in [0.5, 0.6) is 0 Å². The fraction of sp³-hybridized carbons (Fsp3) is 0.333. The highest BCUT2D eigenvalue weighted by molar-refractivity contribution is 5.91. The van der Waals surface area contributed by atoms with Gasteiger partial charge in [0.05, 0.1) is 0 Å². The molecule has 0 aromatic heterocycles. The molecule has 0 saturated carbocycles. The van der Waals surface area contributed by atoms with Crippen LogP contribution in [-0.4, -0.2) is 11.8 Å². The van der Waals surface area contributed by atoms with E-state index in [1.165, 1.54) is 0 Å². The quantitative estimate of drug-likeness (QED) is 0.373. The maximum atomic E-state index is 11.9. The van der Waals surface area contributed by atoms with E-state index in [0.29, 0.717) is 24.2 Å². The highest BCUT2D eigenvalue weighted by Gasteiger charge is 2.04. The normalized spacial score (nSPS) is 10.4. The number of nitrogens with one attached hydrogen (secondary N) is 2. The van der Waals surface area contributed by atoms with Crippen molar-refractivity contribution in [1.82, 2.24) is 0 Å². The van der Waals surface area contributed by atoms with Gasteiger partial charge in [-0.15, -0.1) is 0 Å². The molecule has 0 saturated heterocycles. The molecule has 2 amide bonds. The van der Waals surface area contributed by atoms with Crippen LogP contribution in [0.4, 0.5) is 22.7 Å². The second-order valence-corrected chi connectivity index (χ2v) is 6.61. The molecule has 0 radical (unpaired) electrons. The molecule has 2 rings (SSSR count). The van der Waals surface area contributed by atoms with Crippen molar-refractivity contribution < 1.29 is 9.59 Å². The summed E-state index contributed by atoms with van der Waals surface area (Å²) < 4.78 is 0. The molecule has 0 aliphatic carbocycles. The lowest BCUT2D eigenvalue weighted by Crippen LogP contribution is -2.11. The number of nitrogen functional groups attached to an aromatic ring is 2. The molecule has 6 heteroatoms. The Morgan fingerprint density at radius 2 is 0.926 bits per heavy atom. The zero-order valence-corrected chi connectivity index (χ0v) is 15.5. The summed E-state index contributed by atoms with van der Waals surface area (Å²) >= 11 is 0. The van der Waals surface area contributed by atoms with Gasteiger partial charge in [-0.2, -0.15) is 0 Å². The first-order valence-electron chi connectivity index (χ1n) is 9.34. The third-order valence-electron chi connectivity index (χ3n) is 4.20. The molecule has 2 aromatic carbocycles. The van der Waals surface area contributed by atoms with Crippen LogP contribution < -0.4 is 22.1 Å². The van der Waals surface area contributed by atoms with Crippen molar-refractivity contribution in [2.45, 2.75) is 44.9 Å². The molecule has 6 N–H and O–H groups in total. The van der Waals surface area contributed by atoms with Gasteiger partial charge in [0.2, 0.25) is 11.8 Å². The summed E-state index contributed by atoms with van der Waals surface area (Å²) in [6.45, 7) is 0. The number of carbonyl (C=O) groups excluding carboxylic acids is 2. The largest absolute Gasteiger partial charge is 0.399 e. The lowest BCUT2D eigenvalue weighted by molar-refractivity contribution is -0.117. The maximum absolute atomic E-state index is 11.9. The number of nitrogens with two attached hydrogens (primary N) is 2. The predicted molar refractivity (Wildman–Crippen MR) is 111 cm³/mol. The Morgan fingerprint density at radius 1 is 0.593 bits per heavy atom. The van der Waals surface area contributed by atoms with E-state index in [0.717, 1.165) is 43.5 Å². The van der Waals surface area contributed by atoms with Gasteiger partial charge >= 0.3 is 0 Å². The minimum Gasteiger partial charge on any atom is -0.399 e. The number of amides is 2. The molecule has 0 heterocycles. The van der Waals surface area contributed by atoms with Crippen LogP contribution in [0.1, 0.15) is 44.9 Å². The Balaban J connectivity index is 1.49. The number of unbranched alkanes of at least 4 members (excludes halogenated alkanes) is 4. The topological polar surface area (TPSA) is 110 Å². The first kappa shape index (κ1) is 20.3. The van der Waals surface area contributed by atoms with Gasteiger partial charge in [0.15, 0.2) is 0 Å². The zero-order valence-electron chi connectivity index (χ0n) is 15.5. The van der Waals surface area contributed by atoms with Crippen molar-refractivity contribution in [2.24, 2.45) is 0 Å². The van der Waals surface area contributed by atoms with Crippen molar-refractivity contribution in [3.05, 3.63) is 48.5 Å². The summed E-state index contributed by atoms with van der Waals surface area (Å²) in [5.41, 5.74) is 14.1. The van der Waals surface area contributed by atoms with E-state index >= 15 is 0 Å². The Morgan fingerprint density at radius 3 is 1.30 bits per heavy atom. The monoisotopic (exact) mass is 368 g/mol. The van der Waals surface area contributed by atoms with Crippen LogP contribution in [0.15, 0.2) is 48.5 Å². The number of benzene rings is 2. The van der Waals surface area contributed by atoms with Crippen molar-refractivity contribution in [3.8, 4) is 0 Å². The summed E-state index contributed by atoms with van der Waals surface area (Å²) in [5.74, 6) is 0.0327. The van der Waals surface area contributed by atoms with Gasteiger partial charge in [0.1, 0.15) is 0 Å². The minimum absolute atomic E-state index is 0.0163. The molecule has 2 aromatic rings. The molecule has 0 fully saturated rings. The Labute approximate surface area is 160 Å². The summed E-state index contributed by atoms with van der Waals surface area (Å²) in [6, 6.07) is 14.2. The van der Waals surface area contributed by atoms with E-state index in [2.05, 4.69) is 10.6 Å². The predicted octanol–water partition coefficient (Wildman–Crippen LogP) is 4.16. The summed E-state index contributed by atoms with van der Waals surface area (Å²) in [4.78, 5) is 23.7. The van der Waals surface area contributed by atoms with Gasteiger partial charge in [-0.25, -0.2) is 0 Å². The smallest absolute Gasteiger partial charge is 0.224 e. The summed E-state index contributed by atoms with van der Waals surface area (Å²) in [6.07, 6.45) is 5.68. The lowest BCUT2D eigenvalue weighted by Gasteiger charge is -2.06. The van der Waals surface area contributed by atoms with Crippen molar-refractivity contribution in [3.63, 3.8) is 0 Å². The maximum Gasteiger partial charge on any atom is 0.224 e. The Hall–Kier alpha value is -3.02. The minimum atomic E-state index is 0.0163. The van der Waals surface area contributed by atoms with Crippen LogP contribution in [-0.2, 0) is 9.59 Å². The number of anilines is 4. The van der Waals surface area contributed by atoms with E-state index in [-0.39, 0.29) is 11.8 Å². The van der Waals surface area contributed by atoms with Gasteiger partial charge in [0, 0.05) is 35.6 Å². The molecule has 0 bridgehead atoms. The average molecular weight is 368 g/mol. The van der Waals surface area contributed by atoms with E-state index in [9.17, 15) is 9.59 Å². The molecule has 0 aliphatic heterocycles. The Bertz CT molecular complexity index is 663. The number of hydrogen-bond donors (Lipinski definition) is 4. The fourth-order valence-corrected chi connectivity index (χ4v) is 2.68. The first-order valence-corrected chi connectivity index (χ1v) is 9.34. The van der Waals surface area contributed by atoms with Crippen LogP contribution >= 0.6 is 0 Å². The van der Waals surface area contributed by atoms with Crippen molar-refractivity contribution in [2.75, 3.05) is 22.1 Å². The standard InChI is InChI=1S/C21H28N4O2/c22-16-8-12-18(13-9-16)24-20(26)6-4-2-1-3-5-7-21(27)25-19-14-10-17(23)11-15-19/h8-15H,1-7,22-23H2,(H,24,26)(H,25,27). The van der Waals surface area contributed by atoms with Crippen LogP contribution in [0.2, 0.25) is 0 Å². The average Bonchev–Trinajstić information content (AvgIpc) is 2.65. The third-order valence-corrected chi connectivity index (χ3v) is 4.20. The van der Waals surface area contributed by atoms with Gasteiger partial charge in [0.25, 0.3) is 0 Å². The van der Waals surface area contributed by atoms with Crippen LogP contribution in [0.25, 0.3) is 0 Å². The van der Waals surface area contributed by atoms with E-state index in [1.807, 2.05) is 0 Å². The van der Waals surface area contributed by atoms with E-state index in [4.69, 9.17) is 11.5 Å². The number of carbonyl (C=O) groups is 2. The molecule has 0 unspecified atom stereocenters. The number of hydrogen-bond acceptors (Lipinski definition) is 4. The first-order chi connectivity index (χ1) is 13.0. The lowest BCUT2D eigenvalue weighted by atomic mass is 10.1. The highest BCUT2D eigenvalue weighted by atomic mass is 16.2. The van der Waals surface area contributed by atoms with E-state index in [1.54, 1.807) is 48.5 Å². The molecule has 6 nitrogen and oxygen atoms in total. The SMILES string of the molecule is Nc1ccc(NC(=O)CCCCCCCC(=O)Nc2ccc(N)cc2)cc1. The number of rotatable bonds is 10. The van der Waals surface area contributed by atoms with Gasteiger partial charge in [-0.3, -0.25) is 9.59 Å². The summed E-state index contributed by atoms with van der Waals surface area (Å²) in [7, 11) is 0. The second-order valence-electron chi connectivity index (χ2n) is 6.61. The molecule has 0 aliphatic rings. The second kappa shape index (κ2) is 10.9. The van der Waals surface area contributed by atoms with Crippen LogP contribution in [0, 0.1) is 0 Å². The molecule has 0 atom stereocenters. The van der Waals surface area contributed by atoms with Crippen LogP contribution in [0.3, 0.4) is 0 Å². The van der Waals surface area contributed by atoms with Gasteiger partial charge < -0.3 is 22.1 Å². The molecular formula is C21H28N4O2. The van der Waals surface area contributed by atoms with Crippen molar-refractivity contribution in [1.29, 1.82) is 0 Å². The Kier molecular flexibility index (Phi) is 8.16. The zero-order chi connectivity index (χ0) is 19.5. The molecule has 144 valence electrons. The molecule has 0 spiro atoms. The molecular weight excluding hydrogens is 340 g/mol. The molecule has 27 heavy (non-hydrogen) atoms. The third kappa shape index (κ3) is 8.27. The van der Waals surface area contributed by atoms with Gasteiger partial charge in [-0.1, -0.05) is 19.3 Å².